The number of aryl methyl sites for hydroxylation is 1. The number of fused-ring (bicyclic) bond motifs is 1. The fourth-order valence-electron chi connectivity index (χ4n) is 4.02. The Balaban J connectivity index is 1.34. The maximum Gasteiger partial charge on any atom is 0.227 e. The Kier molecular flexibility index (Phi) is 5.64. The molecule has 2 aromatic rings. The number of anilines is 2. The van der Waals surface area contributed by atoms with Crippen LogP contribution in [0.5, 0.6) is 5.75 Å². The molecule has 0 spiro atoms. The highest BCUT2D eigenvalue weighted by Gasteiger charge is 2.25. The number of para-hydroxylation sites is 2. The zero-order valence-electron chi connectivity index (χ0n) is 15.9. The topological polar surface area (TPSA) is 36.0 Å². The summed E-state index contributed by atoms with van der Waals surface area (Å²) in [5.41, 5.74) is 2.32. The largest absolute Gasteiger partial charge is 0.495 e. The minimum Gasteiger partial charge on any atom is -0.495 e. The van der Waals surface area contributed by atoms with Crippen molar-refractivity contribution in [3.63, 3.8) is 0 Å². The molecule has 0 radical (unpaired) electrons. The number of methoxy groups -OCH3 is 1. The molecule has 5 nitrogen and oxygen atoms in total. The second-order valence-electron chi connectivity index (χ2n) is 7.13. The second kappa shape index (κ2) is 8.31. The number of piperazine rings is 1. The van der Waals surface area contributed by atoms with Crippen LogP contribution in [0.25, 0.3) is 0 Å². The smallest absolute Gasteiger partial charge is 0.227 e. The van der Waals surface area contributed by atoms with E-state index in [9.17, 15) is 4.79 Å². The lowest BCUT2D eigenvalue weighted by atomic mass is 10.2. The van der Waals surface area contributed by atoms with Gasteiger partial charge in [0.05, 0.1) is 18.5 Å². The summed E-state index contributed by atoms with van der Waals surface area (Å²) >= 11 is 1.78. The average Bonchev–Trinajstić information content (AvgIpc) is 3.11. The SMILES string of the molecule is COc1ccccc1N1CCN(CCN2C(=O)CCCc3sccc32)CC1. The molecule has 1 amide bonds. The maximum atomic E-state index is 12.5. The van der Waals surface area contributed by atoms with E-state index in [0.29, 0.717) is 6.42 Å². The van der Waals surface area contributed by atoms with Crippen molar-refractivity contribution in [1.29, 1.82) is 0 Å². The van der Waals surface area contributed by atoms with E-state index in [1.165, 1.54) is 10.6 Å². The van der Waals surface area contributed by atoms with Gasteiger partial charge in [-0.1, -0.05) is 12.1 Å². The molecule has 0 aliphatic carbocycles. The van der Waals surface area contributed by atoms with Crippen LogP contribution >= 0.6 is 11.3 Å². The van der Waals surface area contributed by atoms with Crippen LogP contribution in [0.2, 0.25) is 0 Å². The highest BCUT2D eigenvalue weighted by Crippen LogP contribution is 2.32. The second-order valence-corrected chi connectivity index (χ2v) is 8.13. The van der Waals surface area contributed by atoms with Gasteiger partial charge in [-0.05, 0) is 36.4 Å². The molecule has 0 atom stereocenters. The van der Waals surface area contributed by atoms with Crippen LogP contribution in [0.15, 0.2) is 35.7 Å². The van der Waals surface area contributed by atoms with Gasteiger partial charge in [-0.15, -0.1) is 11.3 Å². The number of carbonyl (C=O) groups is 1. The van der Waals surface area contributed by atoms with Crippen LogP contribution in [0, 0.1) is 0 Å². The molecule has 0 saturated carbocycles. The number of nitrogens with zero attached hydrogens (tertiary/aromatic N) is 3. The number of ether oxygens (including phenoxy) is 1. The predicted molar refractivity (Wildman–Crippen MR) is 111 cm³/mol. The first kappa shape index (κ1) is 18.3. The molecule has 4 rings (SSSR count). The Morgan fingerprint density at radius 1 is 1.00 bits per heavy atom. The average molecular weight is 386 g/mol. The quantitative estimate of drug-likeness (QED) is 0.792. The number of hydrogen-bond donors (Lipinski definition) is 0. The lowest BCUT2D eigenvalue weighted by Crippen LogP contribution is -2.49. The summed E-state index contributed by atoms with van der Waals surface area (Å²) in [6.45, 7) is 5.71. The van der Waals surface area contributed by atoms with E-state index in [1.807, 2.05) is 17.0 Å². The van der Waals surface area contributed by atoms with Crippen LogP contribution in [-0.2, 0) is 11.2 Å². The summed E-state index contributed by atoms with van der Waals surface area (Å²) in [4.78, 5) is 20.8. The zero-order chi connectivity index (χ0) is 18.6. The van der Waals surface area contributed by atoms with Crippen molar-refractivity contribution in [1.82, 2.24) is 4.90 Å². The molecule has 0 N–H and O–H groups in total. The van der Waals surface area contributed by atoms with Crippen LogP contribution in [0.4, 0.5) is 11.4 Å². The van der Waals surface area contributed by atoms with Crippen LogP contribution in [0.1, 0.15) is 17.7 Å². The molecule has 3 heterocycles. The molecule has 27 heavy (non-hydrogen) atoms. The molecule has 1 saturated heterocycles. The Hall–Kier alpha value is -2.05. The Morgan fingerprint density at radius 3 is 2.63 bits per heavy atom. The number of thiophene rings is 1. The lowest BCUT2D eigenvalue weighted by molar-refractivity contribution is -0.118. The summed E-state index contributed by atoms with van der Waals surface area (Å²) in [6.07, 6.45) is 2.68. The minimum absolute atomic E-state index is 0.278. The first-order valence-electron chi connectivity index (χ1n) is 9.73. The van der Waals surface area contributed by atoms with Crippen molar-refractivity contribution in [3.05, 3.63) is 40.6 Å². The third kappa shape index (κ3) is 3.96. The highest BCUT2D eigenvalue weighted by atomic mass is 32.1. The monoisotopic (exact) mass is 385 g/mol. The normalized spacial score (nSPS) is 18.3. The van der Waals surface area contributed by atoms with Gasteiger partial charge in [0.15, 0.2) is 0 Å². The van der Waals surface area contributed by atoms with Crippen LogP contribution in [0.3, 0.4) is 0 Å². The first-order chi connectivity index (χ1) is 13.3. The molecule has 144 valence electrons. The molecule has 6 heteroatoms. The van der Waals surface area contributed by atoms with E-state index in [-0.39, 0.29) is 5.91 Å². The van der Waals surface area contributed by atoms with E-state index >= 15 is 0 Å². The molecule has 1 fully saturated rings. The van der Waals surface area contributed by atoms with Crippen molar-refractivity contribution < 1.29 is 9.53 Å². The van der Waals surface area contributed by atoms with Gasteiger partial charge >= 0.3 is 0 Å². The molecular formula is C21H27N3O2S. The number of hydrogen-bond acceptors (Lipinski definition) is 5. The van der Waals surface area contributed by atoms with Crippen LogP contribution < -0.4 is 14.5 Å². The highest BCUT2D eigenvalue weighted by molar-refractivity contribution is 7.10. The van der Waals surface area contributed by atoms with Crippen molar-refractivity contribution >= 4 is 28.6 Å². The number of carbonyl (C=O) groups excluding carboxylic acids is 1. The van der Waals surface area contributed by atoms with Crippen LogP contribution in [-0.4, -0.2) is 57.2 Å². The molecule has 1 aromatic carbocycles. The van der Waals surface area contributed by atoms with Gasteiger partial charge < -0.3 is 14.5 Å². The van der Waals surface area contributed by atoms with Gasteiger partial charge in [-0.3, -0.25) is 9.69 Å². The van der Waals surface area contributed by atoms with E-state index in [1.54, 1.807) is 18.4 Å². The number of rotatable bonds is 5. The summed E-state index contributed by atoms with van der Waals surface area (Å²) < 4.78 is 5.50. The Labute approximate surface area is 165 Å². The summed E-state index contributed by atoms with van der Waals surface area (Å²) in [6, 6.07) is 10.3. The molecule has 2 aliphatic heterocycles. The Bertz CT molecular complexity index is 783. The zero-order valence-corrected chi connectivity index (χ0v) is 16.7. The van der Waals surface area contributed by atoms with Crippen molar-refractivity contribution in [2.45, 2.75) is 19.3 Å². The van der Waals surface area contributed by atoms with E-state index < -0.39 is 0 Å². The summed E-state index contributed by atoms with van der Waals surface area (Å²) in [5, 5.41) is 2.11. The van der Waals surface area contributed by atoms with E-state index in [4.69, 9.17) is 4.74 Å². The van der Waals surface area contributed by atoms with Crippen molar-refractivity contribution in [2.75, 3.05) is 56.2 Å². The van der Waals surface area contributed by atoms with Gasteiger partial charge in [-0.25, -0.2) is 0 Å². The van der Waals surface area contributed by atoms with E-state index in [0.717, 1.165) is 63.5 Å². The molecule has 1 aromatic heterocycles. The fourth-order valence-corrected chi connectivity index (χ4v) is 4.94. The molecule has 0 unspecified atom stereocenters. The summed E-state index contributed by atoms with van der Waals surface area (Å²) in [5.74, 6) is 1.21. The standard InChI is InChI=1S/C21H27N3O2S/c1-26-19-6-3-2-5-17(19)23-13-10-22(11-14-23)12-15-24-18-9-16-27-20(18)7-4-8-21(24)25/h2-3,5-6,9,16H,4,7-8,10-15H2,1H3. The third-order valence-corrected chi connectivity index (χ3v) is 6.52. The minimum atomic E-state index is 0.278. The Morgan fingerprint density at radius 2 is 1.81 bits per heavy atom. The van der Waals surface area contributed by atoms with Crippen molar-refractivity contribution in [3.8, 4) is 5.75 Å². The molecular weight excluding hydrogens is 358 g/mol. The van der Waals surface area contributed by atoms with Gasteiger partial charge in [0.25, 0.3) is 0 Å². The van der Waals surface area contributed by atoms with Gasteiger partial charge in [0, 0.05) is 50.6 Å². The lowest BCUT2D eigenvalue weighted by Gasteiger charge is -2.37. The fraction of sp³-hybridized carbons (Fsp3) is 0.476. The first-order valence-corrected chi connectivity index (χ1v) is 10.6. The van der Waals surface area contributed by atoms with Crippen molar-refractivity contribution in [2.24, 2.45) is 0 Å². The van der Waals surface area contributed by atoms with Gasteiger partial charge in [0.1, 0.15) is 5.75 Å². The molecule has 2 aliphatic rings. The number of benzene rings is 1. The molecule has 0 bridgehead atoms. The van der Waals surface area contributed by atoms with E-state index in [2.05, 4.69) is 33.4 Å². The van der Waals surface area contributed by atoms with Gasteiger partial charge in [-0.2, -0.15) is 0 Å². The predicted octanol–water partition coefficient (Wildman–Crippen LogP) is 3.25. The summed E-state index contributed by atoms with van der Waals surface area (Å²) in [7, 11) is 1.73. The number of amides is 1. The van der Waals surface area contributed by atoms with Gasteiger partial charge in [0.2, 0.25) is 5.91 Å². The third-order valence-electron chi connectivity index (χ3n) is 5.55. The maximum absolute atomic E-state index is 12.5.